The molecule has 6 heteroatoms. The normalized spacial score (nSPS) is 11.4. The predicted octanol–water partition coefficient (Wildman–Crippen LogP) is 2.01. The van der Waals surface area contributed by atoms with Crippen LogP contribution in [-0.2, 0) is 19.5 Å². The number of rotatable bonds is 6. The molecule has 0 radical (unpaired) electrons. The molecule has 0 unspecified atom stereocenters. The summed E-state index contributed by atoms with van der Waals surface area (Å²) < 4.78 is 7.22. The second-order valence-corrected chi connectivity index (χ2v) is 4.74. The third-order valence-electron chi connectivity index (χ3n) is 2.85. The molecule has 2 heterocycles. The predicted molar refractivity (Wildman–Crippen MR) is 72.5 cm³/mol. The molecule has 0 aliphatic carbocycles. The lowest BCUT2D eigenvalue weighted by molar-refractivity contribution is 0.413. The van der Waals surface area contributed by atoms with Crippen LogP contribution in [-0.4, -0.2) is 26.0 Å². The topological polar surface area (TPSA) is 68.8 Å². The zero-order chi connectivity index (χ0) is 13.8. The third kappa shape index (κ3) is 3.20. The SMILES string of the molecule is CCc1cc(-c2nc(CNC(C)C)no2)n(CC)n1. The van der Waals surface area contributed by atoms with E-state index in [2.05, 4.69) is 41.3 Å². The van der Waals surface area contributed by atoms with Crippen LogP contribution in [0.2, 0.25) is 0 Å². The molecule has 0 atom stereocenters. The van der Waals surface area contributed by atoms with Gasteiger partial charge in [0, 0.05) is 12.6 Å². The Labute approximate surface area is 113 Å². The molecule has 0 saturated carbocycles. The molecule has 104 valence electrons. The maximum Gasteiger partial charge on any atom is 0.276 e. The first-order valence-electron chi connectivity index (χ1n) is 6.77. The van der Waals surface area contributed by atoms with Gasteiger partial charge in [-0.1, -0.05) is 25.9 Å². The molecule has 19 heavy (non-hydrogen) atoms. The first-order chi connectivity index (χ1) is 9.13. The summed E-state index contributed by atoms with van der Waals surface area (Å²) in [6.07, 6.45) is 0.899. The van der Waals surface area contributed by atoms with Crippen LogP contribution in [0.25, 0.3) is 11.6 Å². The van der Waals surface area contributed by atoms with E-state index in [-0.39, 0.29) is 0 Å². The Balaban J connectivity index is 2.19. The summed E-state index contributed by atoms with van der Waals surface area (Å²) in [5, 5.41) is 11.7. The minimum Gasteiger partial charge on any atom is -0.332 e. The van der Waals surface area contributed by atoms with E-state index in [9.17, 15) is 0 Å². The molecular weight excluding hydrogens is 242 g/mol. The Hall–Kier alpha value is -1.69. The Kier molecular flexibility index (Phi) is 4.31. The van der Waals surface area contributed by atoms with Gasteiger partial charge in [-0.2, -0.15) is 10.1 Å². The van der Waals surface area contributed by atoms with Gasteiger partial charge in [0.2, 0.25) is 0 Å². The van der Waals surface area contributed by atoms with E-state index in [1.54, 1.807) is 0 Å². The fraction of sp³-hybridized carbons (Fsp3) is 0.615. The van der Waals surface area contributed by atoms with Crippen molar-refractivity contribution in [2.24, 2.45) is 0 Å². The molecule has 0 amide bonds. The largest absolute Gasteiger partial charge is 0.332 e. The van der Waals surface area contributed by atoms with Crippen molar-refractivity contribution in [3.63, 3.8) is 0 Å². The van der Waals surface area contributed by atoms with E-state index in [0.717, 1.165) is 24.4 Å². The second-order valence-electron chi connectivity index (χ2n) is 4.74. The Morgan fingerprint density at radius 2 is 2.16 bits per heavy atom. The maximum absolute atomic E-state index is 5.32. The molecule has 6 nitrogen and oxygen atoms in total. The summed E-state index contributed by atoms with van der Waals surface area (Å²) in [6.45, 7) is 9.70. The second kappa shape index (κ2) is 5.97. The van der Waals surface area contributed by atoms with E-state index in [4.69, 9.17) is 4.52 Å². The Morgan fingerprint density at radius 1 is 1.37 bits per heavy atom. The summed E-state index contributed by atoms with van der Waals surface area (Å²) in [6, 6.07) is 2.41. The number of aryl methyl sites for hydroxylation is 2. The molecule has 2 rings (SSSR count). The Bertz CT molecular complexity index is 529. The van der Waals surface area contributed by atoms with Crippen LogP contribution in [0.15, 0.2) is 10.6 Å². The highest BCUT2D eigenvalue weighted by Crippen LogP contribution is 2.19. The fourth-order valence-corrected chi connectivity index (χ4v) is 1.78. The van der Waals surface area contributed by atoms with Crippen molar-refractivity contribution in [2.45, 2.75) is 53.2 Å². The lowest BCUT2D eigenvalue weighted by Crippen LogP contribution is -2.22. The Morgan fingerprint density at radius 3 is 2.79 bits per heavy atom. The number of aromatic nitrogens is 4. The van der Waals surface area contributed by atoms with Gasteiger partial charge in [-0.15, -0.1) is 0 Å². The van der Waals surface area contributed by atoms with Crippen LogP contribution >= 0.6 is 0 Å². The molecule has 0 aliphatic rings. The zero-order valence-electron chi connectivity index (χ0n) is 12.0. The highest BCUT2D eigenvalue weighted by atomic mass is 16.5. The molecular formula is C13H21N5O. The molecule has 1 N–H and O–H groups in total. The van der Waals surface area contributed by atoms with Crippen molar-refractivity contribution in [1.29, 1.82) is 0 Å². The van der Waals surface area contributed by atoms with E-state index in [1.807, 2.05) is 17.7 Å². The summed E-state index contributed by atoms with van der Waals surface area (Å²) >= 11 is 0. The molecule has 0 aliphatic heterocycles. The molecule has 0 fully saturated rings. The first kappa shape index (κ1) is 13.7. The fourth-order valence-electron chi connectivity index (χ4n) is 1.78. The van der Waals surface area contributed by atoms with Gasteiger partial charge in [-0.3, -0.25) is 4.68 Å². The van der Waals surface area contributed by atoms with Gasteiger partial charge in [0.05, 0.1) is 12.2 Å². The van der Waals surface area contributed by atoms with E-state index >= 15 is 0 Å². The van der Waals surface area contributed by atoms with Gasteiger partial charge in [-0.05, 0) is 19.4 Å². The summed E-state index contributed by atoms with van der Waals surface area (Å²) in [5.41, 5.74) is 1.93. The number of nitrogens with one attached hydrogen (secondary N) is 1. The van der Waals surface area contributed by atoms with Gasteiger partial charge in [0.25, 0.3) is 5.89 Å². The number of hydrogen-bond acceptors (Lipinski definition) is 5. The average molecular weight is 263 g/mol. The summed E-state index contributed by atoms with van der Waals surface area (Å²) in [7, 11) is 0. The summed E-state index contributed by atoms with van der Waals surface area (Å²) in [5.74, 6) is 1.21. The van der Waals surface area contributed by atoms with Crippen molar-refractivity contribution < 1.29 is 4.52 Å². The minimum atomic E-state index is 0.398. The van der Waals surface area contributed by atoms with Crippen molar-refractivity contribution in [1.82, 2.24) is 25.2 Å². The van der Waals surface area contributed by atoms with Gasteiger partial charge in [-0.25, -0.2) is 0 Å². The molecule has 0 saturated heterocycles. The van der Waals surface area contributed by atoms with Crippen LogP contribution in [0.4, 0.5) is 0 Å². The van der Waals surface area contributed by atoms with Gasteiger partial charge in [0.1, 0.15) is 5.69 Å². The number of hydrogen-bond donors (Lipinski definition) is 1. The third-order valence-corrected chi connectivity index (χ3v) is 2.85. The van der Waals surface area contributed by atoms with Gasteiger partial charge < -0.3 is 9.84 Å². The van der Waals surface area contributed by atoms with Crippen molar-refractivity contribution in [3.05, 3.63) is 17.6 Å². The number of nitrogens with zero attached hydrogens (tertiary/aromatic N) is 4. The quantitative estimate of drug-likeness (QED) is 0.863. The van der Waals surface area contributed by atoms with E-state index in [1.165, 1.54) is 0 Å². The lowest BCUT2D eigenvalue weighted by atomic mass is 10.3. The highest BCUT2D eigenvalue weighted by molar-refractivity contribution is 5.47. The van der Waals surface area contributed by atoms with Crippen LogP contribution < -0.4 is 5.32 Å². The van der Waals surface area contributed by atoms with Crippen LogP contribution in [0, 0.1) is 0 Å². The molecule has 0 spiro atoms. The molecule has 2 aromatic heterocycles. The van der Waals surface area contributed by atoms with E-state index < -0.39 is 0 Å². The highest BCUT2D eigenvalue weighted by Gasteiger charge is 2.15. The molecule has 0 bridgehead atoms. The average Bonchev–Trinajstić information content (AvgIpc) is 3.02. The first-order valence-corrected chi connectivity index (χ1v) is 6.77. The van der Waals surface area contributed by atoms with Crippen molar-refractivity contribution in [3.8, 4) is 11.6 Å². The van der Waals surface area contributed by atoms with Crippen LogP contribution in [0.3, 0.4) is 0 Å². The minimum absolute atomic E-state index is 0.398. The maximum atomic E-state index is 5.32. The summed E-state index contributed by atoms with van der Waals surface area (Å²) in [4.78, 5) is 4.41. The van der Waals surface area contributed by atoms with Crippen LogP contribution in [0.1, 0.15) is 39.2 Å². The molecule has 0 aromatic carbocycles. The molecule has 2 aromatic rings. The van der Waals surface area contributed by atoms with Crippen molar-refractivity contribution in [2.75, 3.05) is 0 Å². The van der Waals surface area contributed by atoms with E-state index in [0.29, 0.717) is 24.3 Å². The lowest BCUT2D eigenvalue weighted by Gasteiger charge is -2.03. The smallest absolute Gasteiger partial charge is 0.276 e. The standard InChI is InChI=1S/C13H21N5O/c1-5-10-7-11(18(6-2)16-10)13-15-12(17-19-13)8-14-9(3)4/h7,9,14H,5-6,8H2,1-4H3. The zero-order valence-corrected chi connectivity index (χ0v) is 12.0. The monoisotopic (exact) mass is 263 g/mol. The van der Waals surface area contributed by atoms with Gasteiger partial charge >= 0.3 is 0 Å². The van der Waals surface area contributed by atoms with Crippen molar-refractivity contribution >= 4 is 0 Å². The van der Waals surface area contributed by atoms with Gasteiger partial charge in [0.15, 0.2) is 5.82 Å². The van der Waals surface area contributed by atoms with Crippen LogP contribution in [0.5, 0.6) is 0 Å².